The van der Waals surface area contributed by atoms with Gasteiger partial charge in [-0.1, -0.05) is 30.4 Å². The highest BCUT2D eigenvalue weighted by molar-refractivity contribution is 6.07. The number of hydrogen-bond acceptors (Lipinski definition) is 5. The first-order chi connectivity index (χ1) is 13.8. The van der Waals surface area contributed by atoms with E-state index in [1.165, 1.54) is 0 Å². The Morgan fingerprint density at radius 3 is 2.79 bits per heavy atom. The Hall–Kier alpha value is -2.15. The fourth-order valence-electron chi connectivity index (χ4n) is 3.89. The van der Waals surface area contributed by atoms with Crippen molar-refractivity contribution in [3.8, 4) is 0 Å². The number of nitrogen functional groups attached to an aromatic ring is 1. The van der Waals surface area contributed by atoms with Crippen LogP contribution < -0.4 is 11.1 Å². The summed E-state index contributed by atoms with van der Waals surface area (Å²) in [5.74, 6) is -0.158. The molecule has 0 radical (unpaired) electrons. The minimum Gasteiger partial charge on any atom is -0.397 e. The zero-order valence-electron chi connectivity index (χ0n) is 17.4. The number of aliphatic hydroxyl groups is 1. The van der Waals surface area contributed by atoms with E-state index in [1.54, 1.807) is 12.1 Å². The lowest BCUT2D eigenvalue weighted by molar-refractivity contribution is -0.112. The van der Waals surface area contributed by atoms with E-state index in [4.69, 9.17) is 10.5 Å². The molecular weight excluding hydrogens is 366 g/mol. The SMILES string of the molecule is CC(C)(O)CN1CCCC(OC2C=CC(C(=O)Nc3ccccc3N)=CC2)CC1. The summed E-state index contributed by atoms with van der Waals surface area (Å²) in [7, 11) is 0. The fourth-order valence-corrected chi connectivity index (χ4v) is 3.89. The molecule has 0 spiro atoms. The molecule has 1 fully saturated rings. The molecule has 1 aliphatic carbocycles. The summed E-state index contributed by atoms with van der Waals surface area (Å²) in [6, 6.07) is 7.24. The third kappa shape index (κ3) is 6.70. The molecule has 1 heterocycles. The van der Waals surface area contributed by atoms with Crippen molar-refractivity contribution in [2.24, 2.45) is 0 Å². The Morgan fingerprint density at radius 1 is 1.31 bits per heavy atom. The van der Waals surface area contributed by atoms with Gasteiger partial charge in [-0.25, -0.2) is 0 Å². The van der Waals surface area contributed by atoms with Crippen LogP contribution in [0.1, 0.15) is 39.5 Å². The number of β-amino-alcohol motifs (C(OH)–C–C–N with tert-alkyl or cyclic N) is 1. The number of nitrogens with zero attached hydrogens (tertiary/aromatic N) is 1. The molecule has 29 heavy (non-hydrogen) atoms. The van der Waals surface area contributed by atoms with Crippen molar-refractivity contribution < 1.29 is 14.6 Å². The van der Waals surface area contributed by atoms with E-state index in [0.717, 1.165) is 32.4 Å². The Bertz CT molecular complexity index is 767. The van der Waals surface area contributed by atoms with E-state index in [0.29, 0.717) is 29.9 Å². The van der Waals surface area contributed by atoms with Gasteiger partial charge in [0.25, 0.3) is 5.91 Å². The lowest BCUT2D eigenvalue weighted by Crippen LogP contribution is -2.39. The summed E-state index contributed by atoms with van der Waals surface area (Å²) in [4.78, 5) is 14.8. The highest BCUT2D eigenvalue weighted by atomic mass is 16.5. The van der Waals surface area contributed by atoms with Crippen LogP contribution in [-0.4, -0.2) is 53.4 Å². The van der Waals surface area contributed by atoms with Crippen molar-refractivity contribution >= 4 is 17.3 Å². The maximum Gasteiger partial charge on any atom is 0.255 e. The Kier molecular flexibility index (Phi) is 7.11. The summed E-state index contributed by atoms with van der Waals surface area (Å²) in [5, 5.41) is 12.9. The van der Waals surface area contributed by atoms with Crippen LogP contribution in [0.4, 0.5) is 11.4 Å². The van der Waals surface area contributed by atoms with Gasteiger partial charge in [0.2, 0.25) is 0 Å². The van der Waals surface area contributed by atoms with E-state index in [-0.39, 0.29) is 18.1 Å². The molecule has 1 aromatic carbocycles. The molecule has 6 heteroatoms. The minimum absolute atomic E-state index is 0.000762. The van der Waals surface area contributed by atoms with Gasteiger partial charge in [-0.3, -0.25) is 4.79 Å². The lowest BCUT2D eigenvalue weighted by Gasteiger charge is -2.28. The van der Waals surface area contributed by atoms with E-state index in [2.05, 4.69) is 10.2 Å². The second-order valence-electron chi connectivity index (χ2n) is 8.61. The molecule has 2 atom stereocenters. The smallest absolute Gasteiger partial charge is 0.255 e. The summed E-state index contributed by atoms with van der Waals surface area (Å²) < 4.78 is 6.28. The molecule has 0 aromatic heterocycles. The van der Waals surface area contributed by atoms with Gasteiger partial charge in [-0.05, 0) is 58.2 Å². The first-order valence-corrected chi connectivity index (χ1v) is 10.4. The van der Waals surface area contributed by atoms with E-state index in [1.807, 2.05) is 44.2 Å². The van der Waals surface area contributed by atoms with Gasteiger partial charge in [-0.2, -0.15) is 0 Å². The third-order valence-corrected chi connectivity index (χ3v) is 5.28. The van der Waals surface area contributed by atoms with Crippen LogP contribution >= 0.6 is 0 Å². The van der Waals surface area contributed by atoms with Crippen LogP contribution in [0.5, 0.6) is 0 Å². The predicted molar refractivity (Wildman–Crippen MR) is 117 cm³/mol. The average molecular weight is 400 g/mol. The van der Waals surface area contributed by atoms with Crippen LogP contribution in [0, 0.1) is 0 Å². The number of nitrogens with one attached hydrogen (secondary N) is 1. The summed E-state index contributed by atoms with van der Waals surface area (Å²) >= 11 is 0. The van der Waals surface area contributed by atoms with Crippen LogP contribution in [0.3, 0.4) is 0 Å². The number of likely N-dealkylation sites (tertiary alicyclic amines) is 1. The molecule has 2 unspecified atom stereocenters. The van der Waals surface area contributed by atoms with Gasteiger partial charge in [0.05, 0.1) is 29.2 Å². The summed E-state index contributed by atoms with van der Waals surface area (Å²) in [6.07, 6.45) is 9.69. The molecule has 1 aromatic rings. The molecule has 3 rings (SSSR count). The zero-order chi connectivity index (χ0) is 20.9. The Labute approximate surface area is 173 Å². The molecule has 0 bridgehead atoms. The maximum absolute atomic E-state index is 12.5. The number of hydrogen-bond donors (Lipinski definition) is 3. The van der Waals surface area contributed by atoms with Crippen molar-refractivity contribution in [3.05, 3.63) is 48.1 Å². The Balaban J connectivity index is 1.47. The maximum atomic E-state index is 12.5. The number of ether oxygens (including phenoxy) is 1. The first kappa shape index (κ1) is 21.6. The van der Waals surface area contributed by atoms with Gasteiger partial charge in [0, 0.05) is 18.7 Å². The fraction of sp³-hybridized carbons (Fsp3) is 0.522. The quantitative estimate of drug-likeness (QED) is 0.640. The highest BCUT2D eigenvalue weighted by Crippen LogP contribution is 2.23. The third-order valence-electron chi connectivity index (χ3n) is 5.28. The standard InChI is InChI=1S/C23H33N3O3/c1-23(2,28)16-26-14-5-6-18(13-15-26)29-19-11-9-17(10-12-19)22(27)25-21-8-4-3-7-20(21)24/h3-4,7-11,18-19,28H,5-6,12-16,24H2,1-2H3,(H,25,27). The van der Waals surface area contributed by atoms with Gasteiger partial charge in [0.1, 0.15) is 0 Å². The normalized spacial score (nSPS) is 23.3. The molecule has 1 saturated heterocycles. The summed E-state index contributed by atoms with van der Waals surface area (Å²) in [6.45, 7) is 6.33. The predicted octanol–water partition coefficient (Wildman–Crippen LogP) is 3.10. The zero-order valence-corrected chi connectivity index (χ0v) is 17.4. The van der Waals surface area contributed by atoms with Crippen LogP contribution in [0.25, 0.3) is 0 Å². The van der Waals surface area contributed by atoms with Gasteiger partial charge >= 0.3 is 0 Å². The number of rotatable bonds is 6. The number of benzene rings is 1. The van der Waals surface area contributed by atoms with Crippen molar-refractivity contribution in [1.82, 2.24) is 4.90 Å². The number of para-hydroxylation sites is 2. The van der Waals surface area contributed by atoms with Gasteiger partial charge in [0.15, 0.2) is 0 Å². The van der Waals surface area contributed by atoms with Crippen LogP contribution in [0.2, 0.25) is 0 Å². The van der Waals surface area contributed by atoms with Crippen molar-refractivity contribution in [1.29, 1.82) is 0 Å². The van der Waals surface area contributed by atoms with Crippen molar-refractivity contribution in [2.75, 3.05) is 30.7 Å². The number of nitrogens with two attached hydrogens (primary N) is 1. The van der Waals surface area contributed by atoms with Crippen molar-refractivity contribution in [2.45, 2.75) is 57.3 Å². The van der Waals surface area contributed by atoms with E-state index in [9.17, 15) is 9.90 Å². The van der Waals surface area contributed by atoms with Crippen molar-refractivity contribution in [3.63, 3.8) is 0 Å². The molecule has 1 amide bonds. The Morgan fingerprint density at radius 2 is 2.10 bits per heavy atom. The number of carbonyl (C=O) groups excluding carboxylic acids is 1. The second kappa shape index (κ2) is 9.57. The first-order valence-electron chi connectivity index (χ1n) is 10.4. The molecule has 1 aliphatic heterocycles. The molecule has 0 saturated carbocycles. The topological polar surface area (TPSA) is 87.8 Å². The molecule has 6 nitrogen and oxygen atoms in total. The number of carbonyl (C=O) groups is 1. The molecular formula is C23H33N3O3. The van der Waals surface area contributed by atoms with E-state index >= 15 is 0 Å². The summed E-state index contributed by atoms with van der Waals surface area (Å²) in [5.41, 5.74) is 7.03. The van der Waals surface area contributed by atoms with Gasteiger partial charge in [-0.15, -0.1) is 0 Å². The lowest BCUT2D eigenvalue weighted by atomic mass is 10.0. The van der Waals surface area contributed by atoms with E-state index < -0.39 is 5.60 Å². The molecule has 2 aliphatic rings. The largest absolute Gasteiger partial charge is 0.397 e. The van der Waals surface area contributed by atoms with Crippen LogP contribution in [-0.2, 0) is 9.53 Å². The number of amides is 1. The minimum atomic E-state index is -0.668. The number of anilines is 2. The van der Waals surface area contributed by atoms with Gasteiger partial charge < -0.3 is 25.8 Å². The molecule has 158 valence electrons. The second-order valence-corrected chi connectivity index (χ2v) is 8.61. The average Bonchev–Trinajstić information content (AvgIpc) is 2.88. The van der Waals surface area contributed by atoms with Crippen LogP contribution in [0.15, 0.2) is 48.1 Å². The monoisotopic (exact) mass is 399 g/mol. The highest BCUT2D eigenvalue weighted by Gasteiger charge is 2.24. The molecule has 4 N–H and O–H groups in total.